The molecule has 1 rings (SSSR count). The number of ether oxygens (including phenoxy) is 1. The smallest absolute Gasteiger partial charge is 0.335 e. The molecule has 0 aliphatic rings. The highest BCUT2D eigenvalue weighted by molar-refractivity contribution is 8.00. The summed E-state index contributed by atoms with van der Waals surface area (Å²) < 4.78 is 30.7. The van der Waals surface area contributed by atoms with Crippen LogP contribution in [0.3, 0.4) is 0 Å². The Labute approximate surface area is 178 Å². The van der Waals surface area contributed by atoms with Crippen LogP contribution in [0.1, 0.15) is 62.3 Å². The van der Waals surface area contributed by atoms with E-state index >= 15 is 0 Å². The van der Waals surface area contributed by atoms with Crippen molar-refractivity contribution < 1.29 is 27.9 Å². The molecule has 1 aromatic carbocycles. The number of carbonyl (C=O) groups excluding carboxylic acids is 1. The molecule has 0 bridgehead atoms. The van der Waals surface area contributed by atoms with Crippen molar-refractivity contribution in [3.8, 4) is 0 Å². The van der Waals surface area contributed by atoms with Crippen molar-refractivity contribution in [3.63, 3.8) is 0 Å². The molecule has 0 amide bonds. The Balaban J connectivity index is 2.95. The van der Waals surface area contributed by atoms with Crippen molar-refractivity contribution in [1.82, 2.24) is 0 Å². The minimum Gasteiger partial charge on any atom is -0.478 e. The van der Waals surface area contributed by atoms with Gasteiger partial charge in [0.25, 0.3) is 0 Å². The fourth-order valence-electron chi connectivity index (χ4n) is 2.38. The van der Waals surface area contributed by atoms with Gasteiger partial charge in [-0.05, 0) is 46.8 Å². The van der Waals surface area contributed by atoms with Gasteiger partial charge in [-0.1, -0.05) is 19.1 Å². The normalized spacial score (nSPS) is 14.6. The van der Waals surface area contributed by atoms with E-state index in [-0.39, 0.29) is 28.0 Å². The van der Waals surface area contributed by atoms with E-state index in [4.69, 9.17) is 9.84 Å². The van der Waals surface area contributed by atoms with Gasteiger partial charge in [0.2, 0.25) is 0 Å². The summed E-state index contributed by atoms with van der Waals surface area (Å²) >= 11 is 1.50. The van der Waals surface area contributed by atoms with Gasteiger partial charge in [0.1, 0.15) is 0 Å². The highest BCUT2D eigenvalue weighted by Crippen LogP contribution is 2.23. The number of rotatable bonds is 11. The van der Waals surface area contributed by atoms with E-state index in [1.165, 1.54) is 36.0 Å². The molecule has 2 unspecified atom stereocenters. The molecule has 29 heavy (non-hydrogen) atoms. The lowest BCUT2D eigenvalue weighted by Crippen LogP contribution is -2.31. The predicted octanol–water partition coefficient (Wildman–Crippen LogP) is 3.94. The summed E-state index contributed by atoms with van der Waals surface area (Å²) in [5.41, 5.74) is 0.130. The molecular formula is C21H32O6S2. The van der Waals surface area contributed by atoms with Crippen molar-refractivity contribution >= 4 is 33.4 Å². The Hall–Kier alpha value is -1.38. The van der Waals surface area contributed by atoms with Gasteiger partial charge in [-0.3, -0.25) is 4.79 Å². The van der Waals surface area contributed by atoms with Gasteiger partial charge in [0.05, 0.1) is 28.8 Å². The van der Waals surface area contributed by atoms with Crippen LogP contribution < -0.4 is 0 Å². The number of Topliss-reactive ketones (excluding diaryl/α,β-unsaturated/α-hetero) is 1. The molecule has 0 aromatic heterocycles. The second-order valence-corrected chi connectivity index (χ2v) is 12.5. The van der Waals surface area contributed by atoms with Gasteiger partial charge < -0.3 is 9.84 Å². The zero-order valence-electron chi connectivity index (χ0n) is 18.0. The Morgan fingerprint density at radius 1 is 1.07 bits per heavy atom. The molecule has 0 aliphatic heterocycles. The number of benzene rings is 1. The third kappa shape index (κ3) is 8.88. The predicted molar refractivity (Wildman–Crippen MR) is 118 cm³/mol. The molecule has 164 valence electrons. The van der Waals surface area contributed by atoms with Gasteiger partial charge in [-0.15, -0.1) is 0 Å². The van der Waals surface area contributed by atoms with Crippen LogP contribution in [-0.2, 0) is 14.6 Å². The monoisotopic (exact) mass is 444 g/mol. The summed E-state index contributed by atoms with van der Waals surface area (Å²) in [5, 5.41) is 8.54. The number of sulfone groups is 1. The number of hydrogen-bond donors (Lipinski definition) is 1. The summed E-state index contributed by atoms with van der Waals surface area (Å²) in [6.45, 7) is 11.6. The van der Waals surface area contributed by atoms with Gasteiger partial charge in [0, 0.05) is 22.5 Å². The van der Waals surface area contributed by atoms with E-state index in [9.17, 15) is 18.0 Å². The van der Waals surface area contributed by atoms with Gasteiger partial charge in [0.15, 0.2) is 15.6 Å². The van der Waals surface area contributed by atoms with Crippen LogP contribution in [0.25, 0.3) is 0 Å². The average molecular weight is 445 g/mol. The average Bonchev–Trinajstić information content (AvgIpc) is 2.62. The molecule has 0 fully saturated rings. The Kier molecular flexibility index (Phi) is 9.37. The molecule has 2 atom stereocenters. The van der Waals surface area contributed by atoms with Crippen LogP contribution in [0.2, 0.25) is 0 Å². The number of thioether (sulfide) groups is 1. The molecule has 0 saturated heterocycles. The van der Waals surface area contributed by atoms with Crippen LogP contribution in [0.15, 0.2) is 24.3 Å². The molecule has 0 saturated carbocycles. The van der Waals surface area contributed by atoms with Crippen molar-refractivity contribution in [3.05, 3.63) is 35.4 Å². The van der Waals surface area contributed by atoms with Crippen LogP contribution >= 0.6 is 11.8 Å². The van der Waals surface area contributed by atoms with E-state index < -0.39 is 27.0 Å². The third-order valence-corrected chi connectivity index (χ3v) is 7.88. The molecule has 1 aromatic rings. The maximum absolute atomic E-state index is 13.0. The molecule has 0 aliphatic carbocycles. The van der Waals surface area contributed by atoms with Crippen molar-refractivity contribution in [2.24, 2.45) is 5.92 Å². The second-order valence-electron chi connectivity index (χ2n) is 8.39. The number of carboxylic acids is 1. The molecule has 0 radical (unpaired) electrons. The minimum atomic E-state index is -3.41. The van der Waals surface area contributed by atoms with Crippen LogP contribution in [0.4, 0.5) is 0 Å². The topological polar surface area (TPSA) is 97.7 Å². The van der Waals surface area contributed by atoms with E-state index in [1.807, 2.05) is 27.7 Å². The van der Waals surface area contributed by atoms with E-state index in [0.29, 0.717) is 17.9 Å². The summed E-state index contributed by atoms with van der Waals surface area (Å²) in [5.74, 6) is -1.96. The fraction of sp³-hybridized carbons (Fsp3) is 0.619. The van der Waals surface area contributed by atoms with Crippen LogP contribution in [0.5, 0.6) is 0 Å². The van der Waals surface area contributed by atoms with E-state index in [2.05, 4.69) is 0 Å². The summed E-state index contributed by atoms with van der Waals surface area (Å²) in [6.07, 6.45) is 0. The maximum Gasteiger partial charge on any atom is 0.335 e. The molecular weight excluding hydrogens is 412 g/mol. The third-order valence-electron chi connectivity index (χ3n) is 4.27. The highest BCUT2D eigenvalue weighted by atomic mass is 32.2. The van der Waals surface area contributed by atoms with Gasteiger partial charge >= 0.3 is 5.97 Å². The maximum atomic E-state index is 13.0. The molecule has 0 spiro atoms. The number of hydrogen-bond acceptors (Lipinski definition) is 6. The summed E-state index contributed by atoms with van der Waals surface area (Å²) in [7, 11) is -3.41. The minimum absolute atomic E-state index is 0.0789. The lowest BCUT2D eigenvalue weighted by molar-refractivity contribution is -0.000449. The number of carboxylic acid groups (broad SMARTS) is 1. The first kappa shape index (κ1) is 25.7. The Morgan fingerprint density at radius 3 is 2.03 bits per heavy atom. The summed E-state index contributed by atoms with van der Waals surface area (Å²) in [4.78, 5) is 24.0. The molecule has 1 N–H and O–H groups in total. The standard InChI is InChI=1S/C21H32O6S2/c1-14(2)29(25,26)13-18(12-28-15(3)11-27-21(4,5)6)19(22)16-7-9-17(10-8-16)20(23)24/h7-10,14-15,18H,11-13H2,1-6H3,(H,23,24). The first-order chi connectivity index (χ1) is 13.2. The van der Waals surface area contributed by atoms with Crippen LogP contribution in [-0.4, -0.2) is 59.5 Å². The van der Waals surface area contributed by atoms with Crippen molar-refractivity contribution in [2.75, 3.05) is 18.1 Å². The zero-order valence-corrected chi connectivity index (χ0v) is 19.6. The zero-order chi connectivity index (χ0) is 22.4. The molecule has 0 heterocycles. The van der Waals surface area contributed by atoms with Crippen molar-refractivity contribution in [2.45, 2.75) is 57.6 Å². The Morgan fingerprint density at radius 2 is 1.59 bits per heavy atom. The molecule has 8 heteroatoms. The van der Waals surface area contributed by atoms with Gasteiger partial charge in [-0.25, -0.2) is 13.2 Å². The quantitative estimate of drug-likeness (QED) is 0.516. The first-order valence-electron chi connectivity index (χ1n) is 9.57. The number of carbonyl (C=O) groups is 2. The fourth-order valence-corrected chi connectivity index (χ4v) is 4.74. The largest absolute Gasteiger partial charge is 0.478 e. The first-order valence-corrected chi connectivity index (χ1v) is 12.3. The lowest BCUT2D eigenvalue weighted by Gasteiger charge is -2.24. The van der Waals surface area contributed by atoms with Crippen molar-refractivity contribution in [1.29, 1.82) is 0 Å². The SMILES string of the molecule is CC(COC(C)(C)C)SCC(CS(=O)(=O)C(C)C)C(=O)c1ccc(C(=O)O)cc1. The lowest BCUT2D eigenvalue weighted by atomic mass is 10.00. The number of aromatic carboxylic acids is 1. The van der Waals surface area contributed by atoms with Gasteiger partial charge in [-0.2, -0.15) is 11.8 Å². The molecule has 6 nitrogen and oxygen atoms in total. The second kappa shape index (κ2) is 10.6. The Bertz CT molecular complexity index is 791. The van der Waals surface area contributed by atoms with E-state index in [0.717, 1.165) is 0 Å². The highest BCUT2D eigenvalue weighted by Gasteiger charge is 2.29. The van der Waals surface area contributed by atoms with Crippen LogP contribution in [0, 0.1) is 5.92 Å². The number of ketones is 1. The summed E-state index contributed by atoms with van der Waals surface area (Å²) in [6, 6.07) is 5.60. The van der Waals surface area contributed by atoms with E-state index in [1.54, 1.807) is 13.8 Å².